The van der Waals surface area contributed by atoms with Gasteiger partial charge in [-0.25, -0.2) is 0 Å². The summed E-state index contributed by atoms with van der Waals surface area (Å²) in [6.07, 6.45) is 0. The molecule has 0 aliphatic carbocycles. The first-order chi connectivity index (χ1) is 9.56. The van der Waals surface area contributed by atoms with Gasteiger partial charge in [-0.05, 0) is 72.0 Å². The molecule has 0 amide bonds. The zero-order valence-corrected chi connectivity index (χ0v) is 14.4. The van der Waals surface area contributed by atoms with Gasteiger partial charge in [-0.2, -0.15) is 0 Å². The van der Waals surface area contributed by atoms with Gasteiger partial charge in [0.1, 0.15) is 5.58 Å². The lowest BCUT2D eigenvalue weighted by Crippen LogP contribution is -2.01. The number of carbonyl (C=O) groups is 1. The third-order valence-corrected chi connectivity index (χ3v) is 4.43. The molecule has 20 heavy (non-hydrogen) atoms. The molecule has 1 heterocycles. The summed E-state index contributed by atoms with van der Waals surface area (Å²) in [5.41, 5.74) is 2.26. The second-order valence-electron chi connectivity index (χ2n) is 4.53. The van der Waals surface area contributed by atoms with Gasteiger partial charge >= 0.3 is 0 Å². The molecule has 0 unspecified atom stereocenters. The van der Waals surface area contributed by atoms with E-state index in [0.29, 0.717) is 11.3 Å². The van der Waals surface area contributed by atoms with Gasteiger partial charge in [0, 0.05) is 24.6 Å². The molecule has 0 radical (unpaired) electrons. The predicted molar refractivity (Wildman–Crippen MR) is 91.2 cm³/mol. The Morgan fingerprint density at radius 2 is 1.85 bits per heavy atom. The zero-order chi connectivity index (χ0) is 14.3. The molecule has 2 aromatic carbocycles. The van der Waals surface area contributed by atoms with Gasteiger partial charge in [0.05, 0.1) is 0 Å². The van der Waals surface area contributed by atoms with Gasteiger partial charge in [-0.1, -0.05) is 15.9 Å². The van der Waals surface area contributed by atoms with Crippen LogP contribution in [0.15, 0.2) is 51.4 Å². The van der Waals surface area contributed by atoms with Crippen LogP contribution in [0.3, 0.4) is 0 Å². The van der Waals surface area contributed by atoms with Crippen molar-refractivity contribution in [1.82, 2.24) is 0 Å². The first kappa shape index (κ1) is 13.8. The van der Waals surface area contributed by atoms with Crippen molar-refractivity contribution in [2.45, 2.75) is 6.92 Å². The Kier molecular flexibility index (Phi) is 3.69. The minimum Gasteiger partial charge on any atom is -0.452 e. The van der Waals surface area contributed by atoms with Crippen molar-refractivity contribution in [3.63, 3.8) is 0 Å². The van der Waals surface area contributed by atoms with Gasteiger partial charge in [0.15, 0.2) is 5.76 Å². The van der Waals surface area contributed by atoms with Crippen LogP contribution < -0.4 is 0 Å². The van der Waals surface area contributed by atoms with Gasteiger partial charge in [-0.3, -0.25) is 4.79 Å². The molecule has 0 aliphatic heterocycles. The fraction of sp³-hybridized carbons (Fsp3) is 0.0625. The van der Waals surface area contributed by atoms with Crippen LogP contribution in [-0.2, 0) is 0 Å². The number of furan rings is 1. The summed E-state index contributed by atoms with van der Waals surface area (Å²) in [5.74, 6) is 0.338. The molecule has 3 rings (SSSR count). The number of fused-ring (bicyclic) bond motifs is 1. The highest BCUT2D eigenvalue weighted by Gasteiger charge is 2.19. The van der Waals surface area contributed by atoms with Crippen molar-refractivity contribution in [2.75, 3.05) is 0 Å². The van der Waals surface area contributed by atoms with Gasteiger partial charge in [-0.15, -0.1) is 0 Å². The predicted octanol–water partition coefficient (Wildman–Crippen LogP) is 5.34. The Bertz CT molecular complexity index is 803. The second-order valence-corrected chi connectivity index (χ2v) is 6.69. The van der Waals surface area contributed by atoms with Crippen molar-refractivity contribution in [3.8, 4) is 0 Å². The Labute approximate surface area is 138 Å². The largest absolute Gasteiger partial charge is 0.452 e. The topological polar surface area (TPSA) is 30.2 Å². The number of hydrogen-bond donors (Lipinski definition) is 0. The number of rotatable bonds is 2. The average molecular weight is 441 g/mol. The molecule has 0 fully saturated rings. The molecule has 2 nitrogen and oxygen atoms in total. The number of benzene rings is 2. The maximum absolute atomic E-state index is 12.5. The highest BCUT2D eigenvalue weighted by Crippen LogP contribution is 2.29. The minimum absolute atomic E-state index is 0.0776. The van der Waals surface area contributed by atoms with Gasteiger partial charge in [0.25, 0.3) is 0 Å². The molecular formula is C16H10BrIO2. The average Bonchev–Trinajstić information content (AvgIpc) is 2.75. The number of halogens is 2. The standard InChI is InChI=1S/C16H10BrIO2/c1-9-13-7-4-11(17)8-14(13)20-16(9)15(19)10-2-5-12(18)6-3-10/h2-8H,1H3. The maximum Gasteiger partial charge on any atom is 0.228 e. The summed E-state index contributed by atoms with van der Waals surface area (Å²) in [6, 6.07) is 13.3. The third kappa shape index (κ3) is 2.42. The highest BCUT2D eigenvalue weighted by molar-refractivity contribution is 14.1. The molecule has 100 valence electrons. The first-order valence-corrected chi connectivity index (χ1v) is 7.92. The van der Waals surface area contributed by atoms with E-state index in [4.69, 9.17) is 4.42 Å². The lowest BCUT2D eigenvalue weighted by atomic mass is 10.1. The molecule has 0 saturated heterocycles. The summed E-state index contributed by atoms with van der Waals surface area (Å²) in [7, 11) is 0. The fourth-order valence-corrected chi connectivity index (χ4v) is 2.85. The van der Waals surface area contributed by atoms with E-state index in [1.54, 1.807) is 0 Å². The normalized spacial score (nSPS) is 10.9. The van der Waals surface area contributed by atoms with Crippen molar-refractivity contribution >= 4 is 55.3 Å². The Hall–Kier alpha value is -1.14. The molecule has 1 aromatic heterocycles. The Morgan fingerprint density at radius 3 is 2.55 bits per heavy atom. The van der Waals surface area contributed by atoms with E-state index in [9.17, 15) is 4.79 Å². The molecule has 0 aliphatic rings. The summed E-state index contributed by atoms with van der Waals surface area (Å²) in [5, 5.41) is 0.974. The van der Waals surface area contributed by atoms with Crippen LogP contribution in [0.4, 0.5) is 0 Å². The van der Waals surface area contributed by atoms with Crippen LogP contribution in [0.1, 0.15) is 21.7 Å². The SMILES string of the molecule is Cc1c(C(=O)c2ccc(I)cc2)oc2cc(Br)ccc12. The Morgan fingerprint density at radius 1 is 1.15 bits per heavy atom. The number of carbonyl (C=O) groups excluding carboxylic acids is 1. The molecule has 0 saturated carbocycles. The summed E-state index contributed by atoms with van der Waals surface area (Å²) in [6.45, 7) is 1.92. The molecule has 0 atom stereocenters. The van der Waals surface area contributed by atoms with Crippen LogP contribution in [-0.4, -0.2) is 5.78 Å². The zero-order valence-electron chi connectivity index (χ0n) is 10.6. The summed E-state index contributed by atoms with van der Waals surface area (Å²) in [4.78, 5) is 12.5. The second kappa shape index (κ2) is 5.33. The van der Waals surface area contributed by atoms with Crippen LogP contribution in [0.2, 0.25) is 0 Å². The summed E-state index contributed by atoms with van der Waals surface area (Å²) >= 11 is 5.63. The van der Waals surface area contributed by atoms with Crippen molar-refractivity contribution in [1.29, 1.82) is 0 Å². The van der Waals surface area contributed by atoms with E-state index in [0.717, 1.165) is 24.6 Å². The van der Waals surface area contributed by atoms with E-state index in [-0.39, 0.29) is 5.78 Å². The van der Waals surface area contributed by atoms with Crippen LogP contribution in [0.5, 0.6) is 0 Å². The van der Waals surface area contributed by atoms with Crippen molar-refractivity contribution in [2.24, 2.45) is 0 Å². The van der Waals surface area contributed by atoms with Gasteiger partial charge in [0.2, 0.25) is 5.78 Å². The Balaban J connectivity index is 2.12. The third-order valence-electron chi connectivity index (χ3n) is 3.21. The monoisotopic (exact) mass is 440 g/mol. The minimum atomic E-state index is -0.0776. The van der Waals surface area contributed by atoms with Crippen LogP contribution in [0.25, 0.3) is 11.0 Å². The number of aryl methyl sites for hydroxylation is 1. The highest BCUT2D eigenvalue weighted by atomic mass is 127. The van der Waals surface area contributed by atoms with E-state index in [1.165, 1.54) is 0 Å². The van der Waals surface area contributed by atoms with Gasteiger partial charge < -0.3 is 4.42 Å². The molecule has 4 heteroatoms. The quantitative estimate of drug-likeness (QED) is 0.397. The number of ketones is 1. The molecule has 0 spiro atoms. The lowest BCUT2D eigenvalue weighted by molar-refractivity contribution is 0.101. The van der Waals surface area contributed by atoms with E-state index in [2.05, 4.69) is 38.5 Å². The van der Waals surface area contributed by atoms with Crippen molar-refractivity contribution in [3.05, 3.63) is 67.4 Å². The van der Waals surface area contributed by atoms with E-state index in [1.807, 2.05) is 49.4 Å². The fourth-order valence-electron chi connectivity index (χ4n) is 2.15. The molecule has 0 bridgehead atoms. The van der Waals surface area contributed by atoms with E-state index >= 15 is 0 Å². The molecule has 0 N–H and O–H groups in total. The summed E-state index contributed by atoms with van der Waals surface area (Å²) < 4.78 is 7.78. The van der Waals surface area contributed by atoms with Crippen molar-refractivity contribution < 1.29 is 9.21 Å². The van der Waals surface area contributed by atoms with Crippen LogP contribution in [0, 0.1) is 10.5 Å². The maximum atomic E-state index is 12.5. The van der Waals surface area contributed by atoms with Crippen LogP contribution >= 0.6 is 38.5 Å². The first-order valence-electron chi connectivity index (χ1n) is 6.05. The lowest BCUT2D eigenvalue weighted by Gasteiger charge is -1.99. The number of hydrogen-bond acceptors (Lipinski definition) is 2. The smallest absolute Gasteiger partial charge is 0.228 e. The molecule has 3 aromatic rings. The molecular weight excluding hydrogens is 431 g/mol. The van der Waals surface area contributed by atoms with E-state index < -0.39 is 0 Å².